The molecule has 4 nitrogen and oxygen atoms in total. The molecule has 1 aromatic heterocycles. The van der Waals surface area contributed by atoms with Gasteiger partial charge in [0.15, 0.2) is 0 Å². The van der Waals surface area contributed by atoms with Crippen molar-refractivity contribution < 1.29 is 9.84 Å². The lowest BCUT2D eigenvalue weighted by atomic mass is 10.0. The van der Waals surface area contributed by atoms with E-state index >= 15 is 0 Å². The van der Waals surface area contributed by atoms with Crippen molar-refractivity contribution in [3.8, 4) is 33.9 Å². The molecule has 118 valence electrons. The van der Waals surface area contributed by atoms with E-state index in [0.29, 0.717) is 22.9 Å². The first-order chi connectivity index (χ1) is 11.2. The highest BCUT2D eigenvalue weighted by atomic mass is 35.5. The second kappa shape index (κ2) is 6.75. The summed E-state index contributed by atoms with van der Waals surface area (Å²) in [6.45, 7) is 2.66. The minimum absolute atomic E-state index is 0.151. The molecule has 3 aromatic rings. The molecular weight excluding hydrogens is 312 g/mol. The Morgan fingerprint density at radius 1 is 1.13 bits per heavy atom. The summed E-state index contributed by atoms with van der Waals surface area (Å²) >= 11 is 5.94. The maximum atomic E-state index is 10.3. The molecule has 2 N–H and O–H groups in total. The van der Waals surface area contributed by atoms with Crippen LogP contribution in [0.2, 0.25) is 5.02 Å². The Balaban J connectivity index is 1.97. The van der Waals surface area contributed by atoms with Gasteiger partial charge in [-0.15, -0.1) is 0 Å². The van der Waals surface area contributed by atoms with Gasteiger partial charge in [-0.05, 0) is 36.2 Å². The van der Waals surface area contributed by atoms with E-state index < -0.39 is 0 Å². The van der Waals surface area contributed by atoms with Gasteiger partial charge in [-0.2, -0.15) is 5.10 Å². The van der Waals surface area contributed by atoms with Gasteiger partial charge in [-0.3, -0.25) is 5.10 Å². The Bertz CT molecular complexity index is 797. The molecule has 5 heteroatoms. The topological polar surface area (TPSA) is 58.1 Å². The van der Waals surface area contributed by atoms with E-state index in [0.717, 1.165) is 23.2 Å². The zero-order valence-corrected chi connectivity index (χ0v) is 13.5. The van der Waals surface area contributed by atoms with Crippen LogP contribution in [0.4, 0.5) is 0 Å². The van der Waals surface area contributed by atoms with E-state index in [-0.39, 0.29) is 5.75 Å². The zero-order valence-electron chi connectivity index (χ0n) is 12.7. The van der Waals surface area contributed by atoms with Gasteiger partial charge >= 0.3 is 0 Å². The number of benzene rings is 2. The van der Waals surface area contributed by atoms with Crippen LogP contribution in [-0.2, 0) is 0 Å². The molecular formula is C18H17ClN2O2. The average molecular weight is 329 g/mol. The van der Waals surface area contributed by atoms with E-state index in [1.807, 2.05) is 43.3 Å². The molecule has 0 unspecified atom stereocenters. The Morgan fingerprint density at radius 2 is 1.91 bits per heavy atom. The molecule has 1 heterocycles. The van der Waals surface area contributed by atoms with Crippen molar-refractivity contribution in [1.82, 2.24) is 10.2 Å². The van der Waals surface area contributed by atoms with Crippen LogP contribution in [0.5, 0.6) is 11.5 Å². The van der Waals surface area contributed by atoms with E-state index in [9.17, 15) is 5.11 Å². The van der Waals surface area contributed by atoms with Crippen LogP contribution in [0.25, 0.3) is 22.4 Å². The summed E-state index contributed by atoms with van der Waals surface area (Å²) in [5.74, 6) is 0.804. The summed E-state index contributed by atoms with van der Waals surface area (Å²) in [6, 6.07) is 12.8. The third kappa shape index (κ3) is 3.32. The first kappa shape index (κ1) is 15.4. The minimum atomic E-state index is 0.151. The van der Waals surface area contributed by atoms with Crippen LogP contribution in [-0.4, -0.2) is 21.9 Å². The number of nitrogens with one attached hydrogen (secondary N) is 1. The molecule has 0 saturated heterocycles. The standard InChI is InChI=1S/C18H17ClN2O2/c1-2-9-23-14-7-8-15(17(22)10-14)18-16(11-20-21-18)12-3-5-13(19)6-4-12/h3-8,10-11,22H,2,9H2,1H3,(H,20,21). The number of aromatic amines is 1. The van der Waals surface area contributed by atoms with Gasteiger partial charge in [-0.1, -0.05) is 30.7 Å². The number of phenols is 1. The summed E-state index contributed by atoms with van der Waals surface area (Å²) in [4.78, 5) is 0. The maximum absolute atomic E-state index is 10.3. The van der Waals surface area contributed by atoms with Crippen molar-refractivity contribution in [3.63, 3.8) is 0 Å². The lowest BCUT2D eigenvalue weighted by Crippen LogP contribution is -1.95. The molecule has 23 heavy (non-hydrogen) atoms. The molecule has 0 aliphatic rings. The summed E-state index contributed by atoms with van der Waals surface area (Å²) in [7, 11) is 0. The van der Waals surface area contributed by atoms with Gasteiger partial charge in [0.2, 0.25) is 0 Å². The molecule has 0 saturated carbocycles. The quantitative estimate of drug-likeness (QED) is 0.701. The van der Waals surface area contributed by atoms with Crippen LogP contribution in [0.15, 0.2) is 48.7 Å². The Morgan fingerprint density at radius 3 is 2.61 bits per heavy atom. The molecule has 0 bridgehead atoms. The monoisotopic (exact) mass is 328 g/mol. The largest absolute Gasteiger partial charge is 0.507 e. The third-order valence-electron chi connectivity index (χ3n) is 3.51. The predicted octanol–water partition coefficient (Wildman–Crippen LogP) is 4.89. The Labute approximate surface area is 139 Å². The Kier molecular flexibility index (Phi) is 4.53. The lowest BCUT2D eigenvalue weighted by molar-refractivity contribution is 0.315. The zero-order chi connectivity index (χ0) is 16.2. The Hall–Kier alpha value is -2.46. The highest BCUT2D eigenvalue weighted by molar-refractivity contribution is 6.30. The fraction of sp³-hybridized carbons (Fsp3) is 0.167. The van der Waals surface area contributed by atoms with Crippen LogP contribution in [0.1, 0.15) is 13.3 Å². The summed E-state index contributed by atoms with van der Waals surface area (Å²) in [6.07, 6.45) is 2.66. The lowest BCUT2D eigenvalue weighted by Gasteiger charge is -2.09. The van der Waals surface area contributed by atoms with Crippen LogP contribution >= 0.6 is 11.6 Å². The molecule has 0 amide bonds. The SMILES string of the molecule is CCCOc1ccc(-c2[nH]ncc2-c2ccc(Cl)cc2)c(O)c1. The first-order valence-corrected chi connectivity index (χ1v) is 7.82. The average Bonchev–Trinajstić information content (AvgIpc) is 3.03. The molecule has 3 rings (SSSR count). The minimum Gasteiger partial charge on any atom is -0.507 e. The summed E-state index contributed by atoms with van der Waals surface area (Å²) in [5.41, 5.74) is 3.31. The first-order valence-electron chi connectivity index (χ1n) is 7.44. The number of hydrogen-bond donors (Lipinski definition) is 2. The van der Waals surface area contributed by atoms with Crippen molar-refractivity contribution in [2.45, 2.75) is 13.3 Å². The smallest absolute Gasteiger partial charge is 0.128 e. The van der Waals surface area contributed by atoms with Gasteiger partial charge in [0.05, 0.1) is 18.5 Å². The number of nitrogens with zero attached hydrogens (tertiary/aromatic N) is 1. The second-order valence-corrected chi connectivity index (χ2v) is 5.63. The van der Waals surface area contributed by atoms with E-state index in [1.54, 1.807) is 12.3 Å². The van der Waals surface area contributed by atoms with Crippen molar-refractivity contribution >= 4 is 11.6 Å². The van der Waals surface area contributed by atoms with Crippen molar-refractivity contribution in [1.29, 1.82) is 0 Å². The number of phenolic OH excluding ortho intramolecular Hbond substituents is 1. The van der Waals surface area contributed by atoms with Crippen molar-refractivity contribution in [2.24, 2.45) is 0 Å². The van der Waals surface area contributed by atoms with Gasteiger partial charge in [0.25, 0.3) is 0 Å². The van der Waals surface area contributed by atoms with Gasteiger partial charge in [0.1, 0.15) is 11.5 Å². The van der Waals surface area contributed by atoms with Crippen molar-refractivity contribution in [2.75, 3.05) is 6.61 Å². The molecule has 0 spiro atoms. The molecule has 0 radical (unpaired) electrons. The molecule has 2 aromatic carbocycles. The number of H-pyrrole nitrogens is 1. The number of hydrogen-bond acceptors (Lipinski definition) is 3. The number of ether oxygens (including phenoxy) is 1. The number of halogens is 1. The molecule has 0 aliphatic carbocycles. The molecule has 0 atom stereocenters. The number of aromatic hydroxyl groups is 1. The summed E-state index contributed by atoms with van der Waals surface area (Å²) in [5, 5.41) is 18.1. The highest BCUT2D eigenvalue weighted by Crippen LogP contribution is 2.37. The van der Waals surface area contributed by atoms with Crippen LogP contribution in [0, 0.1) is 0 Å². The number of aromatic nitrogens is 2. The van der Waals surface area contributed by atoms with E-state index in [1.165, 1.54) is 0 Å². The van der Waals surface area contributed by atoms with Crippen LogP contribution < -0.4 is 4.74 Å². The molecule has 0 fully saturated rings. The highest BCUT2D eigenvalue weighted by Gasteiger charge is 2.14. The van der Waals surface area contributed by atoms with E-state index in [2.05, 4.69) is 10.2 Å². The predicted molar refractivity (Wildman–Crippen MR) is 91.9 cm³/mol. The third-order valence-corrected chi connectivity index (χ3v) is 3.76. The van der Waals surface area contributed by atoms with Gasteiger partial charge in [0, 0.05) is 22.2 Å². The number of rotatable bonds is 5. The fourth-order valence-corrected chi connectivity index (χ4v) is 2.50. The maximum Gasteiger partial charge on any atom is 0.128 e. The fourth-order valence-electron chi connectivity index (χ4n) is 2.37. The summed E-state index contributed by atoms with van der Waals surface area (Å²) < 4.78 is 5.54. The second-order valence-electron chi connectivity index (χ2n) is 5.19. The normalized spacial score (nSPS) is 10.7. The van der Waals surface area contributed by atoms with E-state index in [4.69, 9.17) is 16.3 Å². The van der Waals surface area contributed by atoms with Gasteiger partial charge < -0.3 is 9.84 Å². The van der Waals surface area contributed by atoms with Crippen molar-refractivity contribution in [3.05, 3.63) is 53.7 Å². The molecule has 0 aliphatic heterocycles. The van der Waals surface area contributed by atoms with Gasteiger partial charge in [-0.25, -0.2) is 0 Å². The van der Waals surface area contributed by atoms with Crippen LogP contribution in [0.3, 0.4) is 0 Å².